The van der Waals surface area contributed by atoms with Crippen molar-refractivity contribution in [1.82, 2.24) is 5.32 Å². The summed E-state index contributed by atoms with van der Waals surface area (Å²) < 4.78 is 0. The lowest BCUT2D eigenvalue weighted by Gasteiger charge is -2.27. The Hall–Kier alpha value is -1.06. The highest BCUT2D eigenvalue weighted by molar-refractivity contribution is 5.76. The zero-order valence-corrected chi connectivity index (χ0v) is 10.0. The Balaban J connectivity index is 2.37. The highest BCUT2D eigenvalue weighted by Gasteiger charge is 2.27. The van der Waals surface area contributed by atoms with Gasteiger partial charge in [-0.2, -0.15) is 0 Å². The van der Waals surface area contributed by atoms with Crippen LogP contribution in [0.3, 0.4) is 0 Å². The van der Waals surface area contributed by atoms with Gasteiger partial charge in [-0.05, 0) is 25.2 Å². The van der Waals surface area contributed by atoms with Crippen LogP contribution in [0.2, 0.25) is 0 Å². The molecule has 2 unspecified atom stereocenters. The van der Waals surface area contributed by atoms with Gasteiger partial charge in [0.15, 0.2) is 0 Å². The van der Waals surface area contributed by atoms with Gasteiger partial charge in [0, 0.05) is 12.5 Å². The summed E-state index contributed by atoms with van der Waals surface area (Å²) in [5, 5.41) is 11.9. The molecule has 16 heavy (non-hydrogen) atoms. The number of carboxylic acid groups (broad SMARTS) is 1. The first-order valence-electron chi connectivity index (χ1n) is 6.01. The van der Waals surface area contributed by atoms with E-state index in [0.717, 1.165) is 19.3 Å². The number of hydrogen-bond donors (Lipinski definition) is 2. The number of hydrogen-bond acceptors (Lipinski definition) is 2. The van der Waals surface area contributed by atoms with Gasteiger partial charge in [-0.3, -0.25) is 9.59 Å². The normalized spacial score (nSPS) is 25.4. The fourth-order valence-corrected chi connectivity index (χ4v) is 2.20. The van der Waals surface area contributed by atoms with Gasteiger partial charge in [-0.15, -0.1) is 0 Å². The lowest BCUT2D eigenvalue weighted by Crippen LogP contribution is -2.40. The Bertz CT molecular complexity index is 263. The van der Waals surface area contributed by atoms with E-state index in [1.807, 2.05) is 13.8 Å². The third-order valence-electron chi connectivity index (χ3n) is 2.98. The van der Waals surface area contributed by atoms with Crippen molar-refractivity contribution in [1.29, 1.82) is 0 Å². The standard InChI is InChI=1S/C12H21NO3/c1-8(2)6-11(14)13-10-5-3-4-9(7-10)12(15)16/h8-10H,3-7H2,1-2H3,(H,13,14)(H,15,16). The third kappa shape index (κ3) is 4.21. The van der Waals surface area contributed by atoms with E-state index in [-0.39, 0.29) is 17.9 Å². The minimum Gasteiger partial charge on any atom is -0.481 e. The number of amides is 1. The molecule has 0 spiro atoms. The van der Waals surface area contributed by atoms with Crippen molar-refractivity contribution in [2.45, 2.75) is 52.0 Å². The summed E-state index contributed by atoms with van der Waals surface area (Å²) in [5.41, 5.74) is 0. The van der Waals surface area contributed by atoms with Crippen molar-refractivity contribution in [2.75, 3.05) is 0 Å². The summed E-state index contributed by atoms with van der Waals surface area (Å²) in [4.78, 5) is 22.4. The van der Waals surface area contributed by atoms with E-state index in [9.17, 15) is 9.59 Å². The SMILES string of the molecule is CC(C)CC(=O)NC1CCCC(C(=O)O)C1. The zero-order chi connectivity index (χ0) is 12.1. The van der Waals surface area contributed by atoms with E-state index < -0.39 is 5.97 Å². The minimum absolute atomic E-state index is 0.0473. The lowest BCUT2D eigenvalue weighted by molar-refractivity contribution is -0.143. The van der Waals surface area contributed by atoms with Crippen LogP contribution in [0.1, 0.15) is 46.0 Å². The van der Waals surface area contributed by atoms with Crippen LogP contribution in [0.25, 0.3) is 0 Å². The zero-order valence-electron chi connectivity index (χ0n) is 10.0. The van der Waals surface area contributed by atoms with E-state index in [2.05, 4.69) is 5.32 Å². The second kappa shape index (κ2) is 5.87. The molecule has 0 aliphatic heterocycles. The van der Waals surface area contributed by atoms with Gasteiger partial charge >= 0.3 is 5.97 Å². The Morgan fingerprint density at radius 3 is 2.62 bits per heavy atom. The summed E-state index contributed by atoms with van der Waals surface area (Å²) >= 11 is 0. The molecule has 4 nitrogen and oxygen atoms in total. The lowest BCUT2D eigenvalue weighted by atomic mass is 9.85. The largest absolute Gasteiger partial charge is 0.481 e. The molecule has 1 rings (SSSR count). The highest BCUT2D eigenvalue weighted by atomic mass is 16.4. The number of carbonyl (C=O) groups is 2. The summed E-state index contributed by atoms with van der Waals surface area (Å²) in [6, 6.07) is 0.0566. The van der Waals surface area contributed by atoms with Crippen LogP contribution in [-0.4, -0.2) is 23.0 Å². The molecular weight excluding hydrogens is 206 g/mol. The van der Waals surface area contributed by atoms with Crippen LogP contribution < -0.4 is 5.32 Å². The van der Waals surface area contributed by atoms with Crippen LogP contribution in [0, 0.1) is 11.8 Å². The Kier molecular flexibility index (Phi) is 4.77. The molecule has 1 aliphatic carbocycles. The average molecular weight is 227 g/mol. The molecule has 4 heteroatoms. The Morgan fingerprint density at radius 2 is 2.06 bits per heavy atom. The van der Waals surface area contributed by atoms with Gasteiger partial charge in [0.1, 0.15) is 0 Å². The second-order valence-corrected chi connectivity index (χ2v) is 5.06. The van der Waals surface area contributed by atoms with Crippen molar-refractivity contribution in [3.63, 3.8) is 0 Å². The maximum absolute atomic E-state index is 11.5. The fourth-order valence-electron chi connectivity index (χ4n) is 2.20. The maximum atomic E-state index is 11.5. The van der Waals surface area contributed by atoms with E-state index in [0.29, 0.717) is 18.8 Å². The number of nitrogens with one attached hydrogen (secondary N) is 1. The highest BCUT2D eigenvalue weighted by Crippen LogP contribution is 2.24. The van der Waals surface area contributed by atoms with Crippen molar-refractivity contribution in [3.8, 4) is 0 Å². The molecule has 2 atom stereocenters. The van der Waals surface area contributed by atoms with E-state index in [1.54, 1.807) is 0 Å². The number of rotatable bonds is 4. The molecule has 0 saturated heterocycles. The van der Waals surface area contributed by atoms with Gasteiger partial charge in [0.2, 0.25) is 5.91 Å². The van der Waals surface area contributed by atoms with Gasteiger partial charge in [0.05, 0.1) is 5.92 Å². The second-order valence-electron chi connectivity index (χ2n) is 5.06. The third-order valence-corrected chi connectivity index (χ3v) is 2.98. The summed E-state index contributed by atoms with van der Waals surface area (Å²) in [6.07, 6.45) is 3.65. The molecule has 1 amide bonds. The molecule has 1 aliphatic rings. The van der Waals surface area contributed by atoms with Gasteiger partial charge in [0.25, 0.3) is 0 Å². The van der Waals surface area contributed by atoms with Crippen LogP contribution in [0.5, 0.6) is 0 Å². The van der Waals surface area contributed by atoms with Crippen LogP contribution in [0.15, 0.2) is 0 Å². The maximum Gasteiger partial charge on any atom is 0.306 e. The predicted octanol–water partition coefficient (Wildman–Crippen LogP) is 1.79. The summed E-state index contributed by atoms with van der Waals surface area (Å²) in [6.45, 7) is 4.00. The van der Waals surface area contributed by atoms with E-state index >= 15 is 0 Å². The van der Waals surface area contributed by atoms with E-state index in [1.165, 1.54) is 0 Å². The molecule has 92 valence electrons. The van der Waals surface area contributed by atoms with Crippen LogP contribution >= 0.6 is 0 Å². The molecular formula is C12H21NO3. The summed E-state index contributed by atoms with van der Waals surface area (Å²) in [5.74, 6) is -0.620. The molecule has 1 fully saturated rings. The Morgan fingerprint density at radius 1 is 1.38 bits per heavy atom. The van der Waals surface area contributed by atoms with Gasteiger partial charge in [-0.1, -0.05) is 20.3 Å². The molecule has 0 aromatic carbocycles. The summed E-state index contributed by atoms with van der Waals surface area (Å²) in [7, 11) is 0. The van der Waals surface area contributed by atoms with Crippen molar-refractivity contribution < 1.29 is 14.7 Å². The fraction of sp³-hybridized carbons (Fsp3) is 0.833. The monoisotopic (exact) mass is 227 g/mol. The molecule has 0 aromatic heterocycles. The quantitative estimate of drug-likeness (QED) is 0.769. The first kappa shape index (κ1) is 13.0. The molecule has 2 N–H and O–H groups in total. The average Bonchev–Trinajstić information content (AvgIpc) is 2.16. The predicted molar refractivity (Wildman–Crippen MR) is 61.0 cm³/mol. The molecule has 0 radical (unpaired) electrons. The van der Waals surface area contributed by atoms with Crippen molar-refractivity contribution in [3.05, 3.63) is 0 Å². The first-order chi connectivity index (χ1) is 7.49. The number of aliphatic carboxylic acids is 1. The van der Waals surface area contributed by atoms with Crippen molar-refractivity contribution in [2.24, 2.45) is 11.8 Å². The topological polar surface area (TPSA) is 66.4 Å². The van der Waals surface area contributed by atoms with E-state index in [4.69, 9.17) is 5.11 Å². The molecule has 1 saturated carbocycles. The number of carbonyl (C=O) groups excluding carboxylic acids is 1. The van der Waals surface area contributed by atoms with Crippen LogP contribution in [0.4, 0.5) is 0 Å². The Labute approximate surface area is 96.4 Å². The van der Waals surface area contributed by atoms with Crippen molar-refractivity contribution >= 4 is 11.9 Å². The van der Waals surface area contributed by atoms with Gasteiger partial charge in [-0.25, -0.2) is 0 Å². The van der Waals surface area contributed by atoms with Gasteiger partial charge < -0.3 is 10.4 Å². The van der Waals surface area contributed by atoms with Crippen LogP contribution in [-0.2, 0) is 9.59 Å². The number of carboxylic acids is 1. The molecule has 0 bridgehead atoms. The molecule has 0 heterocycles. The first-order valence-corrected chi connectivity index (χ1v) is 6.01. The molecule has 0 aromatic rings. The minimum atomic E-state index is -0.734. The smallest absolute Gasteiger partial charge is 0.306 e.